The van der Waals surface area contributed by atoms with Crippen molar-refractivity contribution in [3.05, 3.63) is 22.4 Å². The van der Waals surface area contributed by atoms with Gasteiger partial charge in [-0.3, -0.25) is 4.79 Å². The zero-order valence-electron chi connectivity index (χ0n) is 10.8. The van der Waals surface area contributed by atoms with Crippen LogP contribution in [0.15, 0.2) is 17.5 Å². The normalized spacial score (nSPS) is 14.4. The number of rotatable bonds is 6. The molecule has 0 radical (unpaired) electrons. The van der Waals surface area contributed by atoms with Crippen LogP contribution in [-0.2, 0) is 4.79 Å². The van der Waals surface area contributed by atoms with E-state index in [1.165, 1.54) is 4.88 Å². The fourth-order valence-electron chi connectivity index (χ4n) is 1.89. The van der Waals surface area contributed by atoms with E-state index in [2.05, 4.69) is 19.9 Å². The van der Waals surface area contributed by atoms with E-state index in [9.17, 15) is 4.79 Å². The Kier molecular flexibility index (Phi) is 5.65. The summed E-state index contributed by atoms with van der Waals surface area (Å²) in [7, 11) is 1.87. The summed E-state index contributed by atoms with van der Waals surface area (Å²) >= 11 is 1.68. The second kappa shape index (κ2) is 6.77. The van der Waals surface area contributed by atoms with Crippen LogP contribution < -0.4 is 5.73 Å². The Hall–Kier alpha value is -0.870. The lowest BCUT2D eigenvalue weighted by atomic mass is 10.0. The SMILES string of the molecule is CCCC(CN)C(=O)N(C)C(C)c1cccs1. The summed E-state index contributed by atoms with van der Waals surface area (Å²) in [6, 6.07) is 4.21. The number of nitrogens with two attached hydrogens (primary N) is 1. The molecule has 0 spiro atoms. The van der Waals surface area contributed by atoms with Crippen molar-refractivity contribution in [3.63, 3.8) is 0 Å². The largest absolute Gasteiger partial charge is 0.338 e. The Bertz CT molecular complexity index is 337. The van der Waals surface area contributed by atoms with Crippen molar-refractivity contribution in [2.75, 3.05) is 13.6 Å². The number of hydrogen-bond donors (Lipinski definition) is 1. The lowest BCUT2D eigenvalue weighted by Gasteiger charge is -2.28. The number of hydrogen-bond acceptors (Lipinski definition) is 3. The minimum absolute atomic E-state index is 0.0348. The Labute approximate surface area is 108 Å². The molecule has 0 saturated heterocycles. The fourth-order valence-corrected chi connectivity index (χ4v) is 2.72. The van der Waals surface area contributed by atoms with Crippen LogP contribution in [0.5, 0.6) is 0 Å². The molecule has 0 aliphatic rings. The third-order valence-corrected chi connectivity index (χ3v) is 4.20. The summed E-state index contributed by atoms with van der Waals surface area (Å²) in [6.07, 6.45) is 1.87. The second-order valence-corrected chi connectivity index (χ2v) is 5.34. The summed E-state index contributed by atoms with van der Waals surface area (Å²) in [5, 5.41) is 2.04. The van der Waals surface area contributed by atoms with Crippen LogP contribution in [0.2, 0.25) is 0 Å². The average Bonchev–Trinajstić information content (AvgIpc) is 2.87. The standard InChI is InChI=1S/C13H22N2OS/c1-4-6-11(9-14)13(16)15(3)10(2)12-7-5-8-17-12/h5,7-8,10-11H,4,6,9,14H2,1-3H3. The lowest BCUT2D eigenvalue weighted by Crippen LogP contribution is -2.37. The maximum atomic E-state index is 12.3. The molecule has 1 heterocycles. The van der Waals surface area contributed by atoms with E-state index in [0.29, 0.717) is 6.54 Å². The molecule has 2 unspecified atom stereocenters. The predicted molar refractivity (Wildman–Crippen MR) is 73.0 cm³/mol. The third kappa shape index (κ3) is 3.54. The van der Waals surface area contributed by atoms with Crippen LogP contribution in [0.3, 0.4) is 0 Å². The molecule has 1 amide bonds. The van der Waals surface area contributed by atoms with Crippen molar-refractivity contribution in [1.82, 2.24) is 4.90 Å². The van der Waals surface area contributed by atoms with E-state index in [4.69, 9.17) is 5.73 Å². The summed E-state index contributed by atoms with van der Waals surface area (Å²) < 4.78 is 0. The summed E-state index contributed by atoms with van der Waals surface area (Å²) in [5.74, 6) is 0.127. The van der Waals surface area contributed by atoms with E-state index in [0.717, 1.165) is 12.8 Å². The van der Waals surface area contributed by atoms with Gasteiger partial charge in [-0.25, -0.2) is 0 Å². The zero-order chi connectivity index (χ0) is 12.8. The molecule has 0 saturated carbocycles. The molecule has 4 heteroatoms. The molecular formula is C13H22N2OS. The molecule has 1 aromatic heterocycles. The molecule has 0 aliphatic carbocycles. The highest BCUT2D eigenvalue weighted by Gasteiger charge is 2.24. The van der Waals surface area contributed by atoms with Crippen molar-refractivity contribution in [2.24, 2.45) is 11.7 Å². The van der Waals surface area contributed by atoms with Crippen molar-refractivity contribution in [3.8, 4) is 0 Å². The van der Waals surface area contributed by atoms with Gasteiger partial charge in [0, 0.05) is 18.5 Å². The Morgan fingerprint density at radius 2 is 2.29 bits per heavy atom. The summed E-state index contributed by atoms with van der Waals surface area (Å²) in [6.45, 7) is 4.58. The van der Waals surface area contributed by atoms with Crippen molar-refractivity contribution in [1.29, 1.82) is 0 Å². The minimum Gasteiger partial charge on any atom is -0.338 e. The monoisotopic (exact) mass is 254 g/mol. The van der Waals surface area contributed by atoms with Crippen LogP contribution in [0.1, 0.15) is 37.6 Å². The van der Waals surface area contributed by atoms with Crippen LogP contribution in [-0.4, -0.2) is 24.4 Å². The molecule has 17 heavy (non-hydrogen) atoms. The maximum absolute atomic E-state index is 12.3. The van der Waals surface area contributed by atoms with Crippen LogP contribution in [0.25, 0.3) is 0 Å². The molecule has 0 bridgehead atoms. The number of thiophene rings is 1. The van der Waals surface area contributed by atoms with E-state index in [-0.39, 0.29) is 17.9 Å². The number of nitrogens with zero attached hydrogens (tertiary/aromatic N) is 1. The predicted octanol–water partition coefficient (Wildman–Crippen LogP) is 2.64. The second-order valence-electron chi connectivity index (χ2n) is 4.36. The highest BCUT2D eigenvalue weighted by molar-refractivity contribution is 7.10. The number of carbonyl (C=O) groups excluding carboxylic acids is 1. The molecular weight excluding hydrogens is 232 g/mol. The van der Waals surface area contributed by atoms with Crippen LogP contribution in [0.4, 0.5) is 0 Å². The molecule has 0 aliphatic heterocycles. The van der Waals surface area contributed by atoms with Crippen molar-refractivity contribution in [2.45, 2.75) is 32.7 Å². The molecule has 0 aromatic carbocycles. The van der Waals surface area contributed by atoms with Gasteiger partial charge in [0.05, 0.1) is 12.0 Å². The van der Waals surface area contributed by atoms with E-state index >= 15 is 0 Å². The van der Waals surface area contributed by atoms with Gasteiger partial charge < -0.3 is 10.6 Å². The van der Waals surface area contributed by atoms with E-state index in [1.54, 1.807) is 11.3 Å². The highest BCUT2D eigenvalue weighted by Crippen LogP contribution is 2.25. The number of carbonyl (C=O) groups is 1. The minimum atomic E-state index is -0.0348. The van der Waals surface area contributed by atoms with Gasteiger partial charge in [0.25, 0.3) is 0 Å². The number of amides is 1. The molecule has 1 aromatic rings. The zero-order valence-corrected chi connectivity index (χ0v) is 11.7. The van der Waals surface area contributed by atoms with Crippen molar-refractivity contribution < 1.29 is 4.79 Å². The van der Waals surface area contributed by atoms with E-state index in [1.807, 2.05) is 23.4 Å². The fraction of sp³-hybridized carbons (Fsp3) is 0.615. The highest BCUT2D eigenvalue weighted by atomic mass is 32.1. The molecule has 3 nitrogen and oxygen atoms in total. The van der Waals surface area contributed by atoms with Gasteiger partial charge >= 0.3 is 0 Å². The smallest absolute Gasteiger partial charge is 0.227 e. The van der Waals surface area contributed by atoms with Crippen LogP contribution >= 0.6 is 11.3 Å². The Balaban J connectivity index is 2.68. The molecule has 1 rings (SSSR count). The summed E-state index contributed by atoms with van der Waals surface area (Å²) in [5.41, 5.74) is 5.67. The first-order valence-electron chi connectivity index (χ1n) is 6.11. The Morgan fingerprint density at radius 3 is 2.76 bits per heavy atom. The first-order valence-corrected chi connectivity index (χ1v) is 6.99. The summed E-state index contributed by atoms with van der Waals surface area (Å²) in [4.78, 5) is 15.3. The van der Waals surface area contributed by atoms with E-state index < -0.39 is 0 Å². The average molecular weight is 254 g/mol. The lowest BCUT2D eigenvalue weighted by molar-refractivity contribution is -0.136. The first-order chi connectivity index (χ1) is 8.11. The van der Waals surface area contributed by atoms with Gasteiger partial charge in [-0.05, 0) is 24.8 Å². The molecule has 0 fully saturated rings. The third-order valence-electron chi connectivity index (χ3n) is 3.15. The molecule has 2 atom stereocenters. The van der Waals surface area contributed by atoms with Gasteiger partial charge in [0.2, 0.25) is 5.91 Å². The molecule has 2 N–H and O–H groups in total. The van der Waals surface area contributed by atoms with Crippen molar-refractivity contribution >= 4 is 17.2 Å². The Morgan fingerprint density at radius 1 is 1.59 bits per heavy atom. The van der Waals surface area contributed by atoms with Gasteiger partial charge in [-0.2, -0.15) is 0 Å². The van der Waals surface area contributed by atoms with Gasteiger partial charge in [-0.1, -0.05) is 19.4 Å². The molecule has 96 valence electrons. The van der Waals surface area contributed by atoms with Crippen LogP contribution in [0, 0.1) is 5.92 Å². The first kappa shape index (κ1) is 14.2. The maximum Gasteiger partial charge on any atom is 0.227 e. The van der Waals surface area contributed by atoms with Gasteiger partial charge in [-0.15, -0.1) is 11.3 Å². The van der Waals surface area contributed by atoms with Gasteiger partial charge in [0.15, 0.2) is 0 Å². The van der Waals surface area contributed by atoms with Gasteiger partial charge in [0.1, 0.15) is 0 Å². The topological polar surface area (TPSA) is 46.3 Å². The quantitative estimate of drug-likeness (QED) is 0.848.